The fourth-order valence-electron chi connectivity index (χ4n) is 1.50. The summed E-state index contributed by atoms with van der Waals surface area (Å²) in [7, 11) is 0. The van der Waals surface area contributed by atoms with Crippen LogP contribution in [0.1, 0.15) is 5.56 Å². The monoisotopic (exact) mass is 287 g/mol. The van der Waals surface area contributed by atoms with Crippen LogP contribution in [0.15, 0.2) is 48.8 Å². The first kappa shape index (κ1) is 14.0. The Morgan fingerprint density at radius 3 is 2.45 bits per heavy atom. The lowest BCUT2D eigenvalue weighted by molar-refractivity contribution is -0.118. The third kappa shape index (κ3) is 4.03. The van der Waals surface area contributed by atoms with Crippen LogP contribution in [0.25, 0.3) is 0 Å². The second kappa shape index (κ2) is 6.63. The van der Waals surface area contributed by atoms with Gasteiger partial charge in [0.2, 0.25) is 0 Å². The van der Waals surface area contributed by atoms with E-state index in [1.54, 1.807) is 48.8 Å². The largest absolute Gasteiger partial charge is 0.484 e. The van der Waals surface area contributed by atoms with Gasteiger partial charge in [-0.2, -0.15) is 0 Å². The number of amides is 1. The Labute approximate surface area is 121 Å². The summed E-state index contributed by atoms with van der Waals surface area (Å²) in [5, 5.41) is 2.70. The predicted octanol–water partition coefficient (Wildman–Crippen LogP) is 1.73. The minimum Gasteiger partial charge on any atom is -0.484 e. The Morgan fingerprint density at radius 2 is 1.85 bits per heavy atom. The summed E-state index contributed by atoms with van der Waals surface area (Å²) in [5.74, 6) is 0.338. The lowest BCUT2D eigenvalue weighted by Crippen LogP contribution is -2.20. The van der Waals surface area contributed by atoms with Crippen LogP contribution in [0.4, 0.5) is 5.69 Å². The van der Waals surface area contributed by atoms with Crippen molar-refractivity contribution in [1.82, 2.24) is 4.98 Å². The molecule has 2 rings (SSSR count). The zero-order valence-corrected chi connectivity index (χ0v) is 11.4. The molecule has 0 radical (unpaired) electrons. The number of carbonyl (C=O) groups excluding carboxylic acids is 1. The molecule has 6 heteroatoms. The van der Waals surface area contributed by atoms with E-state index < -0.39 is 0 Å². The number of carbonyl (C=O) groups is 1. The Hall–Kier alpha value is -2.47. The van der Waals surface area contributed by atoms with E-state index in [4.69, 9.17) is 22.7 Å². The van der Waals surface area contributed by atoms with Crippen molar-refractivity contribution < 1.29 is 9.53 Å². The molecule has 20 heavy (non-hydrogen) atoms. The van der Waals surface area contributed by atoms with E-state index in [2.05, 4.69) is 10.3 Å². The van der Waals surface area contributed by atoms with Crippen LogP contribution in [0.5, 0.6) is 5.75 Å². The molecule has 5 nitrogen and oxygen atoms in total. The van der Waals surface area contributed by atoms with E-state index in [1.165, 1.54) is 0 Å². The number of hydrogen-bond donors (Lipinski definition) is 2. The van der Waals surface area contributed by atoms with E-state index >= 15 is 0 Å². The van der Waals surface area contributed by atoms with Gasteiger partial charge in [0, 0.05) is 23.6 Å². The number of hydrogen-bond acceptors (Lipinski definition) is 4. The third-order valence-corrected chi connectivity index (χ3v) is 2.71. The van der Waals surface area contributed by atoms with Gasteiger partial charge in [-0.15, -0.1) is 0 Å². The van der Waals surface area contributed by atoms with Crippen molar-refractivity contribution in [3.05, 3.63) is 54.4 Å². The van der Waals surface area contributed by atoms with Crippen molar-refractivity contribution in [2.24, 2.45) is 5.73 Å². The van der Waals surface area contributed by atoms with Crippen molar-refractivity contribution in [2.75, 3.05) is 11.9 Å². The molecular formula is C14H13N3O2S. The summed E-state index contributed by atoms with van der Waals surface area (Å²) in [4.78, 5) is 15.9. The molecule has 0 aliphatic heterocycles. The van der Waals surface area contributed by atoms with Crippen LogP contribution in [0.2, 0.25) is 0 Å². The van der Waals surface area contributed by atoms with E-state index in [1.807, 2.05) is 0 Å². The van der Waals surface area contributed by atoms with Crippen molar-refractivity contribution >= 4 is 28.8 Å². The Balaban J connectivity index is 1.85. The Kier molecular flexibility index (Phi) is 4.62. The molecule has 3 N–H and O–H groups in total. The molecule has 102 valence electrons. The highest BCUT2D eigenvalue weighted by Crippen LogP contribution is 2.12. The molecule has 0 atom stereocenters. The molecule has 0 spiro atoms. The van der Waals surface area contributed by atoms with Crippen LogP contribution in [0.3, 0.4) is 0 Å². The number of anilines is 1. The van der Waals surface area contributed by atoms with Gasteiger partial charge in [0.15, 0.2) is 6.61 Å². The summed E-state index contributed by atoms with van der Waals surface area (Å²) in [5.41, 5.74) is 6.93. The van der Waals surface area contributed by atoms with Gasteiger partial charge < -0.3 is 15.8 Å². The molecular weight excluding hydrogens is 274 g/mol. The van der Waals surface area contributed by atoms with E-state index in [9.17, 15) is 4.79 Å². The predicted molar refractivity (Wildman–Crippen MR) is 80.7 cm³/mol. The van der Waals surface area contributed by atoms with E-state index in [-0.39, 0.29) is 12.5 Å². The van der Waals surface area contributed by atoms with Crippen molar-refractivity contribution in [3.63, 3.8) is 0 Å². The summed E-state index contributed by atoms with van der Waals surface area (Å²) in [6, 6.07) is 10.3. The van der Waals surface area contributed by atoms with Crippen molar-refractivity contribution in [2.45, 2.75) is 0 Å². The standard InChI is InChI=1S/C14H13N3O2S/c15-14(20)10-1-3-12(4-2-10)19-9-13(18)17-11-5-7-16-8-6-11/h1-8H,9H2,(H2,15,20)(H,16,17,18). The molecule has 0 fully saturated rings. The minimum atomic E-state index is -0.241. The summed E-state index contributed by atoms with van der Waals surface area (Å²) in [6.07, 6.45) is 3.20. The van der Waals surface area contributed by atoms with Gasteiger partial charge in [0.1, 0.15) is 10.7 Å². The highest BCUT2D eigenvalue weighted by molar-refractivity contribution is 7.80. The number of rotatable bonds is 5. The van der Waals surface area contributed by atoms with Gasteiger partial charge in [-0.05, 0) is 36.4 Å². The zero-order valence-electron chi connectivity index (χ0n) is 10.6. The van der Waals surface area contributed by atoms with E-state index in [0.717, 1.165) is 5.56 Å². The number of nitrogens with one attached hydrogen (secondary N) is 1. The lowest BCUT2D eigenvalue weighted by atomic mass is 10.2. The van der Waals surface area contributed by atoms with Crippen LogP contribution in [-0.2, 0) is 4.79 Å². The SMILES string of the molecule is NC(=S)c1ccc(OCC(=O)Nc2ccncc2)cc1. The second-order valence-corrected chi connectivity index (χ2v) is 4.40. The van der Waals surface area contributed by atoms with Crippen molar-refractivity contribution in [3.8, 4) is 5.75 Å². The molecule has 0 aliphatic rings. The van der Waals surface area contributed by atoms with Crippen LogP contribution in [-0.4, -0.2) is 22.5 Å². The fourth-order valence-corrected chi connectivity index (χ4v) is 1.63. The van der Waals surface area contributed by atoms with Gasteiger partial charge in [-0.1, -0.05) is 12.2 Å². The number of thiocarbonyl (C=S) groups is 1. The molecule has 0 bridgehead atoms. The minimum absolute atomic E-state index is 0.0747. The van der Waals surface area contributed by atoms with Crippen LogP contribution in [0, 0.1) is 0 Å². The first-order valence-electron chi connectivity index (χ1n) is 5.88. The molecule has 0 aliphatic carbocycles. The number of aromatic nitrogens is 1. The number of pyridine rings is 1. The average molecular weight is 287 g/mol. The molecule has 1 heterocycles. The normalized spacial score (nSPS) is 9.80. The molecule has 1 aromatic carbocycles. The summed E-state index contributed by atoms with van der Waals surface area (Å²) in [6.45, 7) is -0.0747. The first-order chi connectivity index (χ1) is 9.65. The highest BCUT2D eigenvalue weighted by atomic mass is 32.1. The van der Waals surface area contributed by atoms with E-state index in [0.29, 0.717) is 16.4 Å². The van der Waals surface area contributed by atoms with Crippen molar-refractivity contribution in [1.29, 1.82) is 0 Å². The number of nitrogens with zero attached hydrogens (tertiary/aromatic N) is 1. The maximum atomic E-state index is 11.7. The zero-order chi connectivity index (χ0) is 14.4. The van der Waals surface area contributed by atoms with Gasteiger partial charge in [0.05, 0.1) is 0 Å². The summed E-state index contributed by atoms with van der Waals surface area (Å²) < 4.78 is 5.36. The van der Waals surface area contributed by atoms with Gasteiger partial charge >= 0.3 is 0 Å². The smallest absolute Gasteiger partial charge is 0.262 e. The maximum absolute atomic E-state index is 11.7. The first-order valence-corrected chi connectivity index (χ1v) is 6.28. The Morgan fingerprint density at radius 1 is 1.20 bits per heavy atom. The topological polar surface area (TPSA) is 77.2 Å². The number of ether oxygens (including phenoxy) is 1. The Bertz CT molecular complexity index is 600. The average Bonchev–Trinajstić information content (AvgIpc) is 2.46. The number of benzene rings is 1. The second-order valence-electron chi connectivity index (χ2n) is 3.96. The molecule has 0 unspecified atom stereocenters. The molecule has 1 aromatic heterocycles. The maximum Gasteiger partial charge on any atom is 0.262 e. The molecule has 2 aromatic rings. The lowest BCUT2D eigenvalue weighted by Gasteiger charge is -2.07. The molecule has 0 saturated heterocycles. The van der Waals surface area contributed by atoms with Crippen LogP contribution < -0.4 is 15.8 Å². The highest BCUT2D eigenvalue weighted by Gasteiger charge is 2.04. The quantitative estimate of drug-likeness (QED) is 0.819. The fraction of sp³-hybridized carbons (Fsp3) is 0.0714. The summed E-state index contributed by atoms with van der Waals surface area (Å²) >= 11 is 4.85. The van der Waals surface area contributed by atoms with Crippen LogP contribution >= 0.6 is 12.2 Å². The number of nitrogens with two attached hydrogens (primary N) is 1. The molecule has 0 saturated carbocycles. The van der Waals surface area contributed by atoms with Gasteiger partial charge in [0.25, 0.3) is 5.91 Å². The third-order valence-electron chi connectivity index (χ3n) is 2.47. The molecule has 1 amide bonds. The van der Waals surface area contributed by atoms with Gasteiger partial charge in [-0.3, -0.25) is 9.78 Å². The van der Waals surface area contributed by atoms with Gasteiger partial charge in [-0.25, -0.2) is 0 Å².